The van der Waals surface area contributed by atoms with Crippen LogP contribution in [0.2, 0.25) is 0 Å². The Hall–Kier alpha value is -1.39. The molecule has 0 amide bonds. The molecule has 1 aromatic heterocycles. The molecule has 0 aliphatic carbocycles. The molecule has 0 aliphatic rings. The molecular formula is C14H18N2OS. The molecule has 0 spiro atoms. The minimum atomic E-state index is -0.310. The SMILES string of the molecule is COc1ccc(Cc2ncc(C(C)(C)N)s2)cc1. The first-order valence-electron chi connectivity index (χ1n) is 5.86. The number of benzene rings is 1. The maximum absolute atomic E-state index is 6.06. The molecule has 2 rings (SSSR count). The van der Waals surface area contributed by atoms with Gasteiger partial charge in [-0.3, -0.25) is 0 Å². The van der Waals surface area contributed by atoms with Crippen molar-refractivity contribution in [1.82, 2.24) is 4.98 Å². The first kappa shape index (κ1) is 13.1. The van der Waals surface area contributed by atoms with Gasteiger partial charge in [0.05, 0.1) is 12.1 Å². The number of nitrogens with two attached hydrogens (primary N) is 1. The normalized spacial score (nSPS) is 11.6. The smallest absolute Gasteiger partial charge is 0.118 e. The summed E-state index contributed by atoms with van der Waals surface area (Å²) in [4.78, 5) is 5.54. The zero-order valence-electron chi connectivity index (χ0n) is 10.9. The second-order valence-corrected chi connectivity index (χ2v) is 5.98. The van der Waals surface area contributed by atoms with Crippen LogP contribution >= 0.6 is 11.3 Å². The monoisotopic (exact) mass is 262 g/mol. The van der Waals surface area contributed by atoms with Crippen molar-refractivity contribution in [2.24, 2.45) is 5.73 Å². The van der Waals surface area contributed by atoms with Gasteiger partial charge >= 0.3 is 0 Å². The quantitative estimate of drug-likeness (QED) is 0.921. The van der Waals surface area contributed by atoms with E-state index in [0.29, 0.717) is 0 Å². The summed E-state index contributed by atoms with van der Waals surface area (Å²) in [5.41, 5.74) is 6.97. The highest BCUT2D eigenvalue weighted by Crippen LogP contribution is 2.25. The molecule has 2 aromatic rings. The summed E-state index contributed by atoms with van der Waals surface area (Å²) in [5, 5.41) is 1.09. The summed E-state index contributed by atoms with van der Waals surface area (Å²) in [7, 11) is 1.67. The van der Waals surface area contributed by atoms with Crippen LogP contribution in [0, 0.1) is 0 Å². The highest BCUT2D eigenvalue weighted by Gasteiger charge is 2.17. The molecule has 0 aliphatic heterocycles. The van der Waals surface area contributed by atoms with E-state index in [2.05, 4.69) is 17.1 Å². The largest absolute Gasteiger partial charge is 0.497 e. The molecule has 0 fully saturated rings. The van der Waals surface area contributed by atoms with E-state index in [1.807, 2.05) is 32.2 Å². The second-order valence-electron chi connectivity index (χ2n) is 4.86. The topological polar surface area (TPSA) is 48.1 Å². The Morgan fingerprint density at radius 1 is 1.28 bits per heavy atom. The molecular weight excluding hydrogens is 244 g/mol. The molecule has 0 saturated carbocycles. The van der Waals surface area contributed by atoms with Crippen LogP contribution in [0.3, 0.4) is 0 Å². The van der Waals surface area contributed by atoms with E-state index in [1.165, 1.54) is 5.56 Å². The Balaban J connectivity index is 2.11. The van der Waals surface area contributed by atoms with Gasteiger partial charge in [-0.1, -0.05) is 12.1 Å². The molecule has 2 N–H and O–H groups in total. The van der Waals surface area contributed by atoms with E-state index in [4.69, 9.17) is 10.5 Å². The van der Waals surface area contributed by atoms with E-state index in [0.717, 1.165) is 22.1 Å². The molecule has 0 saturated heterocycles. The molecule has 96 valence electrons. The van der Waals surface area contributed by atoms with Crippen LogP contribution in [0.1, 0.15) is 29.3 Å². The summed E-state index contributed by atoms with van der Waals surface area (Å²) in [6.07, 6.45) is 2.72. The van der Waals surface area contributed by atoms with E-state index >= 15 is 0 Å². The van der Waals surface area contributed by atoms with Crippen molar-refractivity contribution in [3.8, 4) is 5.75 Å². The fourth-order valence-corrected chi connectivity index (χ4v) is 2.57. The Morgan fingerprint density at radius 2 is 1.94 bits per heavy atom. The van der Waals surface area contributed by atoms with Crippen molar-refractivity contribution in [3.05, 3.63) is 45.9 Å². The minimum Gasteiger partial charge on any atom is -0.497 e. The third-order valence-corrected chi connectivity index (χ3v) is 4.04. The minimum absolute atomic E-state index is 0.310. The van der Waals surface area contributed by atoms with Crippen LogP contribution in [-0.4, -0.2) is 12.1 Å². The van der Waals surface area contributed by atoms with Crippen LogP contribution < -0.4 is 10.5 Å². The fraction of sp³-hybridized carbons (Fsp3) is 0.357. The molecule has 0 unspecified atom stereocenters. The maximum atomic E-state index is 6.06. The lowest BCUT2D eigenvalue weighted by Crippen LogP contribution is -2.27. The number of thiazole rings is 1. The number of rotatable bonds is 4. The van der Waals surface area contributed by atoms with Crippen molar-refractivity contribution in [1.29, 1.82) is 0 Å². The zero-order valence-corrected chi connectivity index (χ0v) is 11.8. The number of ether oxygens (including phenoxy) is 1. The summed E-state index contributed by atoms with van der Waals surface area (Å²) < 4.78 is 5.14. The summed E-state index contributed by atoms with van der Waals surface area (Å²) >= 11 is 1.68. The summed E-state index contributed by atoms with van der Waals surface area (Å²) in [6, 6.07) is 8.06. The predicted molar refractivity (Wildman–Crippen MR) is 75.1 cm³/mol. The van der Waals surface area contributed by atoms with Gasteiger partial charge in [0.1, 0.15) is 5.75 Å². The van der Waals surface area contributed by atoms with Gasteiger partial charge in [0.15, 0.2) is 0 Å². The number of nitrogens with zero attached hydrogens (tertiary/aromatic N) is 1. The number of hydrogen-bond donors (Lipinski definition) is 1. The Bertz CT molecular complexity index is 511. The van der Waals surface area contributed by atoms with Crippen LogP contribution in [0.15, 0.2) is 30.5 Å². The zero-order chi connectivity index (χ0) is 13.2. The van der Waals surface area contributed by atoms with Gasteiger partial charge in [-0.15, -0.1) is 11.3 Å². The predicted octanol–water partition coefficient (Wildman–Crippen LogP) is 2.94. The molecule has 3 nitrogen and oxygen atoms in total. The lowest BCUT2D eigenvalue weighted by atomic mass is 10.1. The lowest BCUT2D eigenvalue weighted by molar-refractivity contribution is 0.414. The molecule has 4 heteroatoms. The van der Waals surface area contributed by atoms with Gasteiger partial charge in [0, 0.05) is 23.0 Å². The van der Waals surface area contributed by atoms with Crippen LogP contribution in [0.5, 0.6) is 5.75 Å². The fourth-order valence-electron chi connectivity index (χ4n) is 1.61. The van der Waals surface area contributed by atoms with Gasteiger partial charge in [0.2, 0.25) is 0 Å². The molecule has 18 heavy (non-hydrogen) atoms. The van der Waals surface area contributed by atoms with Gasteiger partial charge in [-0.2, -0.15) is 0 Å². The molecule has 0 bridgehead atoms. The van der Waals surface area contributed by atoms with Gasteiger partial charge < -0.3 is 10.5 Å². The van der Waals surface area contributed by atoms with Crippen molar-refractivity contribution in [3.63, 3.8) is 0 Å². The number of aromatic nitrogens is 1. The van der Waals surface area contributed by atoms with Gasteiger partial charge in [0.25, 0.3) is 0 Å². The molecule has 0 radical (unpaired) electrons. The first-order chi connectivity index (χ1) is 8.49. The van der Waals surface area contributed by atoms with Crippen molar-refractivity contribution < 1.29 is 4.74 Å². The van der Waals surface area contributed by atoms with Crippen LogP contribution in [0.4, 0.5) is 0 Å². The van der Waals surface area contributed by atoms with Crippen LogP contribution in [-0.2, 0) is 12.0 Å². The van der Waals surface area contributed by atoms with Crippen molar-refractivity contribution in [2.75, 3.05) is 7.11 Å². The van der Waals surface area contributed by atoms with Crippen LogP contribution in [0.25, 0.3) is 0 Å². The van der Waals surface area contributed by atoms with E-state index in [1.54, 1.807) is 18.4 Å². The first-order valence-corrected chi connectivity index (χ1v) is 6.67. The molecule has 0 atom stereocenters. The maximum Gasteiger partial charge on any atom is 0.118 e. The standard InChI is InChI=1S/C14H18N2OS/c1-14(2,15)12-9-16-13(18-12)8-10-4-6-11(17-3)7-5-10/h4-7,9H,8,15H2,1-3H3. The van der Waals surface area contributed by atoms with E-state index in [9.17, 15) is 0 Å². The third-order valence-electron chi connectivity index (χ3n) is 2.70. The summed E-state index contributed by atoms with van der Waals surface area (Å²) in [6.45, 7) is 4.00. The number of methoxy groups -OCH3 is 1. The second kappa shape index (κ2) is 5.08. The van der Waals surface area contributed by atoms with Crippen molar-refractivity contribution in [2.45, 2.75) is 25.8 Å². The Labute approximate surface area is 112 Å². The highest BCUT2D eigenvalue weighted by atomic mass is 32.1. The average molecular weight is 262 g/mol. The average Bonchev–Trinajstić information content (AvgIpc) is 2.78. The Morgan fingerprint density at radius 3 is 2.44 bits per heavy atom. The van der Waals surface area contributed by atoms with E-state index in [-0.39, 0.29) is 5.54 Å². The van der Waals surface area contributed by atoms with E-state index < -0.39 is 0 Å². The molecule has 1 aromatic carbocycles. The summed E-state index contributed by atoms with van der Waals surface area (Å²) in [5.74, 6) is 0.877. The van der Waals surface area contributed by atoms with Gasteiger partial charge in [-0.25, -0.2) is 4.98 Å². The highest BCUT2D eigenvalue weighted by molar-refractivity contribution is 7.11. The van der Waals surface area contributed by atoms with Crippen molar-refractivity contribution >= 4 is 11.3 Å². The Kier molecular flexibility index (Phi) is 3.68. The lowest BCUT2D eigenvalue weighted by Gasteiger charge is -2.14. The third kappa shape index (κ3) is 3.09. The van der Waals surface area contributed by atoms with Gasteiger partial charge in [-0.05, 0) is 31.5 Å². The molecule has 1 heterocycles. The number of hydrogen-bond acceptors (Lipinski definition) is 4.